The van der Waals surface area contributed by atoms with Crippen molar-refractivity contribution in [1.82, 2.24) is 0 Å². The van der Waals surface area contributed by atoms with Crippen LogP contribution in [0.15, 0.2) is 36.4 Å². The number of nitriles is 1. The number of methoxy groups -OCH3 is 1. The Labute approximate surface area is 117 Å². The zero-order chi connectivity index (χ0) is 13.9. The van der Waals surface area contributed by atoms with Crippen molar-refractivity contribution >= 4 is 7.48 Å². The summed E-state index contributed by atoms with van der Waals surface area (Å²) in [5.41, 5.74) is 1.58. The van der Waals surface area contributed by atoms with Gasteiger partial charge in [0.2, 0.25) is 0 Å². The summed E-state index contributed by atoms with van der Waals surface area (Å²) in [6, 6.07) is 12.9. The Balaban J connectivity index is 1.86. The van der Waals surface area contributed by atoms with Gasteiger partial charge >= 0.3 is 7.48 Å². The Morgan fingerprint density at radius 1 is 1.20 bits per heavy atom. The molecule has 20 heavy (non-hydrogen) atoms. The van der Waals surface area contributed by atoms with Gasteiger partial charge in [-0.3, -0.25) is 0 Å². The summed E-state index contributed by atoms with van der Waals surface area (Å²) in [6.07, 6.45) is 0.781. The molecule has 4 nitrogen and oxygen atoms in total. The number of rotatable bonds is 3. The summed E-state index contributed by atoms with van der Waals surface area (Å²) in [4.78, 5) is 0. The van der Waals surface area contributed by atoms with Gasteiger partial charge in [-0.15, -0.1) is 0 Å². The van der Waals surface area contributed by atoms with Crippen LogP contribution in [-0.4, -0.2) is 14.6 Å². The van der Waals surface area contributed by atoms with Crippen molar-refractivity contribution in [2.24, 2.45) is 0 Å². The van der Waals surface area contributed by atoms with Crippen LogP contribution < -0.4 is 14.1 Å². The summed E-state index contributed by atoms with van der Waals surface area (Å²) in [7, 11) is 3.29. The van der Waals surface area contributed by atoms with E-state index in [-0.39, 0.29) is 0 Å². The minimum absolute atomic E-state index is 0.483. The molecule has 0 bridgehead atoms. The highest BCUT2D eigenvalue weighted by Gasteiger charge is 2.15. The van der Waals surface area contributed by atoms with Crippen molar-refractivity contribution in [1.29, 1.82) is 5.26 Å². The van der Waals surface area contributed by atoms with E-state index in [1.807, 2.05) is 18.2 Å². The molecule has 0 saturated heterocycles. The second-order valence-corrected chi connectivity index (χ2v) is 4.33. The molecule has 0 amide bonds. The van der Waals surface area contributed by atoms with Gasteiger partial charge in [0, 0.05) is 6.07 Å². The van der Waals surface area contributed by atoms with Crippen LogP contribution in [0.1, 0.15) is 11.1 Å². The van der Waals surface area contributed by atoms with Gasteiger partial charge in [-0.25, -0.2) is 0 Å². The predicted octanol–water partition coefficient (Wildman–Crippen LogP) is 2.87. The molecule has 0 unspecified atom stereocenters. The fraction of sp³-hybridized carbons (Fsp3) is 0.133. The maximum atomic E-state index is 8.95. The molecule has 97 valence electrons. The van der Waals surface area contributed by atoms with Gasteiger partial charge in [0.1, 0.15) is 29.1 Å². The number of hydrogen-bond acceptors (Lipinski definition) is 4. The third kappa shape index (κ3) is 2.28. The Bertz CT molecular complexity index is 694. The van der Waals surface area contributed by atoms with E-state index in [0.29, 0.717) is 17.1 Å². The first-order valence-electron chi connectivity index (χ1n) is 6.17. The Kier molecular flexibility index (Phi) is 3.22. The quantitative estimate of drug-likeness (QED) is 0.800. The molecule has 0 atom stereocenters. The highest BCUT2D eigenvalue weighted by Crippen LogP contribution is 2.32. The monoisotopic (exact) mass is 264 g/mol. The first kappa shape index (κ1) is 12.4. The molecule has 0 aliphatic carbocycles. The molecule has 0 N–H and O–H groups in total. The highest BCUT2D eigenvalue weighted by molar-refractivity contribution is 6.29. The lowest BCUT2D eigenvalue weighted by Gasteiger charge is -2.09. The lowest BCUT2D eigenvalue weighted by Crippen LogP contribution is -1.92. The summed E-state index contributed by atoms with van der Waals surface area (Å²) in [6.45, 7) is 0. The first-order chi connectivity index (χ1) is 9.80. The van der Waals surface area contributed by atoms with Crippen LogP contribution in [0.4, 0.5) is 0 Å². The van der Waals surface area contributed by atoms with E-state index in [1.165, 1.54) is 7.11 Å². The normalized spacial score (nSPS) is 11.8. The van der Waals surface area contributed by atoms with Crippen LogP contribution in [0.5, 0.6) is 23.0 Å². The Hall–Kier alpha value is -2.61. The standard InChI is InChI=1S/C15H11BNO3/c1-18-15-7-13(3-2-10(15)9-17)19-12-4-5-14-11(6-12)8-16-20-14/h2-7H,8H2,1H3. The Morgan fingerprint density at radius 3 is 2.80 bits per heavy atom. The third-order valence-electron chi connectivity index (χ3n) is 3.07. The lowest BCUT2D eigenvalue weighted by atomic mass is 9.93. The molecule has 0 spiro atoms. The second-order valence-electron chi connectivity index (χ2n) is 4.33. The first-order valence-corrected chi connectivity index (χ1v) is 6.17. The minimum Gasteiger partial charge on any atom is -0.563 e. The smallest absolute Gasteiger partial charge is 0.374 e. The fourth-order valence-electron chi connectivity index (χ4n) is 2.08. The maximum absolute atomic E-state index is 8.95. The number of ether oxygens (including phenoxy) is 2. The van der Waals surface area contributed by atoms with E-state index < -0.39 is 0 Å². The number of hydrogen-bond donors (Lipinski definition) is 0. The number of fused-ring (bicyclic) bond motifs is 1. The van der Waals surface area contributed by atoms with Gasteiger partial charge in [-0.1, -0.05) is 0 Å². The SMILES string of the molecule is COc1cc(Oc2ccc3c(c2)C[B]O3)ccc1C#N. The van der Waals surface area contributed by atoms with Crippen molar-refractivity contribution in [2.45, 2.75) is 6.32 Å². The van der Waals surface area contributed by atoms with Crippen molar-refractivity contribution in [3.8, 4) is 29.1 Å². The molecule has 0 fully saturated rings. The summed E-state index contributed by atoms with van der Waals surface area (Å²) < 4.78 is 16.3. The average Bonchev–Trinajstić information content (AvgIpc) is 2.94. The van der Waals surface area contributed by atoms with Gasteiger partial charge in [-0.2, -0.15) is 5.26 Å². The third-order valence-corrected chi connectivity index (χ3v) is 3.07. The predicted molar refractivity (Wildman–Crippen MR) is 74.3 cm³/mol. The number of nitrogens with zero attached hydrogens (tertiary/aromatic N) is 1. The molecule has 1 heterocycles. The van der Waals surface area contributed by atoms with Gasteiger partial charge < -0.3 is 14.1 Å². The molecular formula is C15H11BNO3. The van der Waals surface area contributed by atoms with Crippen molar-refractivity contribution in [3.63, 3.8) is 0 Å². The molecule has 3 rings (SSSR count). The molecule has 0 saturated carbocycles. The van der Waals surface area contributed by atoms with E-state index in [4.69, 9.17) is 19.4 Å². The molecule has 1 aliphatic heterocycles. The average molecular weight is 264 g/mol. The van der Waals surface area contributed by atoms with Crippen molar-refractivity contribution < 1.29 is 14.1 Å². The molecule has 5 heteroatoms. The summed E-state index contributed by atoms with van der Waals surface area (Å²) in [5, 5.41) is 8.95. The van der Waals surface area contributed by atoms with Crippen LogP contribution in [0.3, 0.4) is 0 Å². The topological polar surface area (TPSA) is 51.5 Å². The van der Waals surface area contributed by atoms with E-state index in [1.54, 1.807) is 25.7 Å². The zero-order valence-corrected chi connectivity index (χ0v) is 10.9. The molecule has 2 aromatic carbocycles. The van der Waals surface area contributed by atoms with Crippen LogP contribution in [0.25, 0.3) is 0 Å². The molecule has 2 aromatic rings. The molecule has 0 aromatic heterocycles. The molecular weight excluding hydrogens is 253 g/mol. The van der Waals surface area contributed by atoms with Gasteiger partial charge in [0.25, 0.3) is 0 Å². The van der Waals surface area contributed by atoms with Crippen LogP contribution in [0.2, 0.25) is 0 Å². The molecule has 1 aliphatic rings. The maximum Gasteiger partial charge on any atom is 0.374 e. The largest absolute Gasteiger partial charge is 0.563 e. The van der Waals surface area contributed by atoms with Crippen molar-refractivity contribution in [3.05, 3.63) is 47.5 Å². The zero-order valence-electron chi connectivity index (χ0n) is 10.9. The summed E-state index contributed by atoms with van der Waals surface area (Å²) >= 11 is 0. The van der Waals surface area contributed by atoms with E-state index in [9.17, 15) is 0 Å². The van der Waals surface area contributed by atoms with Crippen LogP contribution in [-0.2, 0) is 6.32 Å². The lowest BCUT2D eigenvalue weighted by molar-refractivity contribution is 0.407. The van der Waals surface area contributed by atoms with Gasteiger partial charge in [0.05, 0.1) is 12.7 Å². The van der Waals surface area contributed by atoms with E-state index in [0.717, 1.165) is 23.4 Å². The van der Waals surface area contributed by atoms with Crippen LogP contribution >= 0.6 is 0 Å². The van der Waals surface area contributed by atoms with E-state index in [2.05, 4.69) is 6.07 Å². The fourth-order valence-corrected chi connectivity index (χ4v) is 2.08. The minimum atomic E-state index is 0.483. The molecule has 1 radical (unpaired) electrons. The van der Waals surface area contributed by atoms with Crippen molar-refractivity contribution in [2.75, 3.05) is 7.11 Å². The van der Waals surface area contributed by atoms with Gasteiger partial charge in [-0.05, 0) is 42.2 Å². The second kappa shape index (κ2) is 5.18. The van der Waals surface area contributed by atoms with E-state index >= 15 is 0 Å². The number of benzene rings is 2. The van der Waals surface area contributed by atoms with Gasteiger partial charge in [0.15, 0.2) is 0 Å². The summed E-state index contributed by atoms with van der Waals surface area (Å²) in [5.74, 6) is 2.73. The highest BCUT2D eigenvalue weighted by atomic mass is 16.5. The van der Waals surface area contributed by atoms with Crippen LogP contribution in [0, 0.1) is 11.3 Å². The Morgan fingerprint density at radius 2 is 2.00 bits per heavy atom.